The molecule has 0 atom stereocenters. The molecule has 6 nitrogen and oxygen atoms in total. The lowest BCUT2D eigenvalue weighted by Crippen LogP contribution is -2.20. The zero-order chi connectivity index (χ0) is 15.6. The highest BCUT2D eigenvalue weighted by Crippen LogP contribution is 2.25. The van der Waals surface area contributed by atoms with E-state index in [0.29, 0.717) is 20.9 Å². The Bertz CT molecular complexity index is 715. The molecule has 4 N–H and O–H groups in total. The monoisotopic (exact) mass is 371 g/mol. The van der Waals surface area contributed by atoms with Crippen LogP contribution in [0.5, 0.6) is 0 Å². The first kappa shape index (κ1) is 15.4. The number of amides is 2. The number of halogens is 2. The highest BCUT2D eigenvalue weighted by Gasteiger charge is 2.15. The maximum absolute atomic E-state index is 11.9. The van der Waals surface area contributed by atoms with Crippen molar-refractivity contribution in [2.75, 3.05) is 10.6 Å². The summed E-state index contributed by atoms with van der Waals surface area (Å²) in [6, 6.07) is 5.91. The fourth-order valence-electron chi connectivity index (χ4n) is 1.72. The van der Waals surface area contributed by atoms with Crippen molar-refractivity contribution >= 4 is 50.9 Å². The third kappa shape index (κ3) is 3.77. The molecular formula is C13H11BrClN3O3. The SMILES string of the molecule is Cc1cc(NC(=O)Nc2ccc(Br)c(Cl)c2)c(C(=O)O)[nH]1. The summed E-state index contributed by atoms with van der Waals surface area (Å²) in [7, 11) is 0. The van der Waals surface area contributed by atoms with E-state index < -0.39 is 12.0 Å². The van der Waals surface area contributed by atoms with E-state index in [4.69, 9.17) is 16.7 Å². The smallest absolute Gasteiger partial charge is 0.354 e. The van der Waals surface area contributed by atoms with Gasteiger partial charge in [0.05, 0.1) is 10.7 Å². The van der Waals surface area contributed by atoms with Crippen molar-refractivity contribution in [3.8, 4) is 0 Å². The topological polar surface area (TPSA) is 94.2 Å². The molecule has 1 aromatic carbocycles. The van der Waals surface area contributed by atoms with Gasteiger partial charge in [-0.15, -0.1) is 0 Å². The second kappa shape index (κ2) is 6.19. The van der Waals surface area contributed by atoms with Crippen molar-refractivity contribution in [3.05, 3.63) is 45.1 Å². The first-order chi connectivity index (χ1) is 9.86. The summed E-state index contributed by atoms with van der Waals surface area (Å²) in [5.74, 6) is -1.15. The van der Waals surface area contributed by atoms with Gasteiger partial charge in [0.1, 0.15) is 5.69 Å². The largest absolute Gasteiger partial charge is 0.477 e. The van der Waals surface area contributed by atoms with Crippen molar-refractivity contribution in [2.24, 2.45) is 0 Å². The quantitative estimate of drug-likeness (QED) is 0.654. The number of hydrogen-bond donors (Lipinski definition) is 4. The number of aromatic amines is 1. The Hall–Kier alpha value is -1.99. The summed E-state index contributed by atoms with van der Waals surface area (Å²) in [6.07, 6.45) is 0. The molecule has 0 unspecified atom stereocenters. The van der Waals surface area contributed by atoms with Gasteiger partial charge in [0.25, 0.3) is 0 Å². The predicted octanol–water partition coefficient (Wildman–Crippen LogP) is 4.08. The number of aromatic carboxylic acids is 1. The van der Waals surface area contributed by atoms with Gasteiger partial charge in [0.15, 0.2) is 0 Å². The van der Waals surface area contributed by atoms with E-state index in [1.807, 2.05) is 0 Å². The molecule has 2 rings (SSSR count). The summed E-state index contributed by atoms with van der Waals surface area (Å²) in [5.41, 5.74) is 1.25. The van der Waals surface area contributed by atoms with E-state index in [-0.39, 0.29) is 11.4 Å². The molecule has 0 saturated heterocycles. The third-order valence-corrected chi connectivity index (χ3v) is 3.82. The zero-order valence-corrected chi connectivity index (χ0v) is 13.2. The molecule has 0 spiro atoms. The second-order valence-corrected chi connectivity index (χ2v) is 5.52. The molecule has 0 radical (unpaired) electrons. The molecule has 2 aromatic rings. The molecule has 0 aliphatic carbocycles. The van der Waals surface area contributed by atoms with E-state index in [2.05, 4.69) is 31.5 Å². The molecule has 0 bridgehead atoms. The predicted molar refractivity (Wildman–Crippen MR) is 84.3 cm³/mol. The van der Waals surface area contributed by atoms with Gasteiger partial charge in [-0.3, -0.25) is 0 Å². The summed E-state index contributed by atoms with van der Waals surface area (Å²) in [6.45, 7) is 1.70. The number of aromatic nitrogens is 1. The Morgan fingerprint density at radius 3 is 2.62 bits per heavy atom. The van der Waals surface area contributed by atoms with Gasteiger partial charge in [-0.2, -0.15) is 0 Å². The minimum atomic E-state index is -1.15. The van der Waals surface area contributed by atoms with E-state index >= 15 is 0 Å². The second-order valence-electron chi connectivity index (χ2n) is 4.25. The molecule has 1 aromatic heterocycles. The van der Waals surface area contributed by atoms with Crippen LogP contribution in [0.15, 0.2) is 28.7 Å². The van der Waals surface area contributed by atoms with Crippen molar-refractivity contribution in [1.82, 2.24) is 4.98 Å². The molecule has 1 heterocycles. The van der Waals surface area contributed by atoms with Crippen molar-refractivity contribution in [2.45, 2.75) is 6.92 Å². The summed E-state index contributed by atoms with van der Waals surface area (Å²) in [5, 5.41) is 14.5. The van der Waals surface area contributed by atoms with E-state index in [0.717, 1.165) is 0 Å². The van der Waals surface area contributed by atoms with Gasteiger partial charge in [-0.05, 0) is 47.1 Å². The molecular weight excluding hydrogens is 362 g/mol. The van der Waals surface area contributed by atoms with Crippen LogP contribution in [0, 0.1) is 6.92 Å². The van der Waals surface area contributed by atoms with Crippen LogP contribution in [-0.2, 0) is 0 Å². The number of hydrogen-bond acceptors (Lipinski definition) is 2. The molecule has 0 saturated carbocycles. The van der Waals surface area contributed by atoms with E-state index in [1.165, 1.54) is 6.07 Å². The average Bonchev–Trinajstić information content (AvgIpc) is 2.75. The molecule has 2 amide bonds. The Kier molecular flexibility index (Phi) is 4.54. The van der Waals surface area contributed by atoms with E-state index in [9.17, 15) is 9.59 Å². The van der Waals surface area contributed by atoms with Gasteiger partial charge in [0, 0.05) is 15.9 Å². The number of carboxylic acids is 1. The fraction of sp³-hybridized carbons (Fsp3) is 0.0769. The maximum Gasteiger partial charge on any atom is 0.354 e. The maximum atomic E-state index is 11.9. The number of aryl methyl sites for hydroxylation is 1. The normalized spacial score (nSPS) is 10.2. The summed E-state index contributed by atoms with van der Waals surface area (Å²) >= 11 is 9.17. The lowest BCUT2D eigenvalue weighted by atomic mass is 10.3. The fourth-order valence-corrected chi connectivity index (χ4v) is 2.14. The van der Waals surface area contributed by atoms with Crippen LogP contribution in [0.1, 0.15) is 16.2 Å². The molecule has 21 heavy (non-hydrogen) atoms. The Labute approximate surface area is 133 Å². The minimum absolute atomic E-state index is 0.0727. The van der Waals surface area contributed by atoms with Crippen LogP contribution in [0.2, 0.25) is 5.02 Å². The standard InChI is InChI=1S/C13H11BrClN3O3/c1-6-4-10(11(16-6)12(19)20)18-13(21)17-7-2-3-8(14)9(15)5-7/h2-5,16H,1H3,(H,19,20)(H2,17,18,21). The van der Waals surface area contributed by atoms with Gasteiger partial charge in [-0.25, -0.2) is 9.59 Å². The number of benzene rings is 1. The molecule has 0 aliphatic rings. The van der Waals surface area contributed by atoms with Gasteiger partial charge in [0.2, 0.25) is 0 Å². The van der Waals surface area contributed by atoms with Gasteiger partial charge >= 0.3 is 12.0 Å². The van der Waals surface area contributed by atoms with Crippen LogP contribution < -0.4 is 10.6 Å². The van der Waals surface area contributed by atoms with Gasteiger partial charge in [-0.1, -0.05) is 11.6 Å². The van der Waals surface area contributed by atoms with Crippen molar-refractivity contribution < 1.29 is 14.7 Å². The molecule has 8 heteroatoms. The van der Waals surface area contributed by atoms with Crippen molar-refractivity contribution in [1.29, 1.82) is 0 Å². The van der Waals surface area contributed by atoms with Gasteiger partial charge < -0.3 is 20.7 Å². The summed E-state index contributed by atoms with van der Waals surface area (Å²) in [4.78, 5) is 25.6. The number of carbonyl (C=O) groups is 2. The highest BCUT2D eigenvalue weighted by atomic mass is 79.9. The lowest BCUT2D eigenvalue weighted by Gasteiger charge is -2.08. The lowest BCUT2D eigenvalue weighted by molar-refractivity contribution is 0.0692. The third-order valence-electron chi connectivity index (χ3n) is 2.59. The number of urea groups is 1. The van der Waals surface area contributed by atoms with E-state index in [1.54, 1.807) is 25.1 Å². The Balaban J connectivity index is 2.11. The number of nitrogens with one attached hydrogen (secondary N) is 3. The number of anilines is 2. The summed E-state index contributed by atoms with van der Waals surface area (Å²) < 4.78 is 0.713. The first-order valence-corrected chi connectivity index (χ1v) is 7.00. The molecule has 0 fully saturated rings. The van der Waals surface area contributed by atoms with Crippen LogP contribution in [0.3, 0.4) is 0 Å². The van der Waals surface area contributed by atoms with Crippen molar-refractivity contribution in [3.63, 3.8) is 0 Å². The minimum Gasteiger partial charge on any atom is -0.477 e. The Morgan fingerprint density at radius 2 is 2.00 bits per heavy atom. The average molecular weight is 373 g/mol. The van der Waals surface area contributed by atoms with Crippen LogP contribution in [0.4, 0.5) is 16.2 Å². The highest BCUT2D eigenvalue weighted by molar-refractivity contribution is 9.10. The van der Waals surface area contributed by atoms with Crippen LogP contribution >= 0.6 is 27.5 Å². The number of rotatable bonds is 3. The number of H-pyrrole nitrogens is 1. The number of carboxylic acid groups (broad SMARTS) is 1. The van der Waals surface area contributed by atoms with Crippen LogP contribution in [-0.4, -0.2) is 22.1 Å². The van der Waals surface area contributed by atoms with Crippen LogP contribution in [0.25, 0.3) is 0 Å². The zero-order valence-electron chi connectivity index (χ0n) is 10.8. The Morgan fingerprint density at radius 1 is 1.29 bits per heavy atom. The molecule has 0 aliphatic heterocycles. The first-order valence-electron chi connectivity index (χ1n) is 5.83. The molecule has 110 valence electrons. The number of carbonyl (C=O) groups excluding carboxylic acids is 1.